The molecule has 0 aliphatic carbocycles. The molecular weight excluding hydrogens is 148 g/mol. The summed E-state index contributed by atoms with van der Waals surface area (Å²) in [5.74, 6) is 0.465. The van der Waals surface area contributed by atoms with Crippen LogP contribution in [-0.2, 0) is 9.47 Å². The molecule has 1 heterocycles. The molecule has 5 nitrogen and oxygen atoms in total. The molecule has 5 heteroatoms. The second-order valence-corrected chi connectivity index (χ2v) is 1.90. The predicted octanol–water partition coefficient (Wildman–Crippen LogP) is 0.548. The molecule has 0 bridgehead atoms. The van der Waals surface area contributed by atoms with E-state index < -0.39 is 6.29 Å². The van der Waals surface area contributed by atoms with Crippen molar-refractivity contribution in [2.45, 2.75) is 6.29 Å². The van der Waals surface area contributed by atoms with E-state index in [-0.39, 0.29) is 6.01 Å². The lowest BCUT2D eigenvalue weighted by atomic mass is 10.5. The van der Waals surface area contributed by atoms with E-state index in [4.69, 9.17) is 19.6 Å². The lowest BCUT2D eigenvalue weighted by molar-refractivity contribution is -0.117. The van der Waals surface area contributed by atoms with Crippen molar-refractivity contribution in [2.24, 2.45) is 0 Å². The molecule has 0 aromatic carbocycles. The number of hydrogen-bond donors (Lipinski definition) is 1. The smallest absolute Gasteiger partial charge is 0.292 e. The summed E-state index contributed by atoms with van der Waals surface area (Å²) in [6.45, 7) is 0. The van der Waals surface area contributed by atoms with E-state index in [1.165, 1.54) is 20.4 Å². The van der Waals surface area contributed by atoms with Crippen molar-refractivity contribution >= 4 is 6.01 Å². The SMILES string of the molecule is COC(OC)c1cnc(N)o1. The Morgan fingerprint density at radius 2 is 2.18 bits per heavy atom. The summed E-state index contributed by atoms with van der Waals surface area (Å²) in [7, 11) is 3.01. The monoisotopic (exact) mass is 158 g/mol. The summed E-state index contributed by atoms with van der Waals surface area (Å²) >= 11 is 0. The molecule has 11 heavy (non-hydrogen) atoms. The van der Waals surface area contributed by atoms with Crippen molar-refractivity contribution in [1.82, 2.24) is 4.98 Å². The van der Waals surface area contributed by atoms with Crippen LogP contribution in [0.4, 0.5) is 6.01 Å². The van der Waals surface area contributed by atoms with Gasteiger partial charge >= 0.3 is 0 Å². The van der Waals surface area contributed by atoms with Crippen LogP contribution in [0.3, 0.4) is 0 Å². The minimum absolute atomic E-state index is 0.110. The van der Waals surface area contributed by atoms with Gasteiger partial charge < -0.3 is 19.6 Å². The first-order valence-electron chi connectivity index (χ1n) is 3.04. The fourth-order valence-electron chi connectivity index (χ4n) is 0.738. The van der Waals surface area contributed by atoms with Gasteiger partial charge in [-0.05, 0) is 0 Å². The van der Waals surface area contributed by atoms with Crippen molar-refractivity contribution < 1.29 is 13.9 Å². The third-order valence-corrected chi connectivity index (χ3v) is 1.20. The molecule has 1 aromatic rings. The number of oxazole rings is 1. The predicted molar refractivity (Wildman–Crippen MR) is 37.7 cm³/mol. The minimum Gasteiger partial charge on any atom is -0.423 e. The number of ether oxygens (including phenoxy) is 2. The Labute approximate surface area is 64.1 Å². The van der Waals surface area contributed by atoms with Crippen LogP contribution in [0.5, 0.6) is 0 Å². The average Bonchev–Trinajstić information content (AvgIpc) is 2.39. The standard InChI is InChI=1S/C6H10N2O3/c1-9-5(10-2)4-3-8-6(7)11-4/h3,5H,1-2H3,(H2,7,8). The van der Waals surface area contributed by atoms with Crippen LogP contribution in [0.15, 0.2) is 10.6 Å². The van der Waals surface area contributed by atoms with Gasteiger partial charge in [-0.1, -0.05) is 0 Å². The summed E-state index contributed by atoms with van der Waals surface area (Å²) in [4.78, 5) is 3.68. The first-order valence-corrected chi connectivity index (χ1v) is 3.04. The van der Waals surface area contributed by atoms with Gasteiger partial charge in [-0.2, -0.15) is 0 Å². The van der Waals surface area contributed by atoms with Crippen molar-refractivity contribution in [3.05, 3.63) is 12.0 Å². The lowest BCUT2D eigenvalue weighted by Crippen LogP contribution is -2.01. The van der Waals surface area contributed by atoms with Gasteiger partial charge in [-0.25, -0.2) is 4.98 Å². The van der Waals surface area contributed by atoms with Gasteiger partial charge in [0.25, 0.3) is 6.01 Å². The minimum atomic E-state index is -0.528. The molecule has 0 saturated carbocycles. The van der Waals surface area contributed by atoms with Crippen molar-refractivity contribution in [3.8, 4) is 0 Å². The van der Waals surface area contributed by atoms with Crippen LogP contribution in [0, 0.1) is 0 Å². The second-order valence-electron chi connectivity index (χ2n) is 1.90. The molecule has 1 rings (SSSR count). The van der Waals surface area contributed by atoms with E-state index >= 15 is 0 Å². The van der Waals surface area contributed by atoms with Crippen molar-refractivity contribution in [1.29, 1.82) is 0 Å². The summed E-state index contributed by atoms with van der Waals surface area (Å²) in [5.41, 5.74) is 5.24. The topological polar surface area (TPSA) is 70.5 Å². The van der Waals surface area contributed by atoms with Gasteiger partial charge in [0, 0.05) is 14.2 Å². The number of nitrogen functional groups attached to an aromatic ring is 1. The van der Waals surface area contributed by atoms with Crippen LogP contribution in [-0.4, -0.2) is 19.2 Å². The van der Waals surface area contributed by atoms with Crippen molar-refractivity contribution in [3.63, 3.8) is 0 Å². The fourth-order valence-corrected chi connectivity index (χ4v) is 0.738. The lowest BCUT2D eigenvalue weighted by Gasteiger charge is -2.08. The molecule has 0 atom stereocenters. The molecule has 0 spiro atoms. The van der Waals surface area contributed by atoms with Gasteiger partial charge in [-0.15, -0.1) is 0 Å². The maximum Gasteiger partial charge on any atom is 0.292 e. The fraction of sp³-hybridized carbons (Fsp3) is 0.500. The summed E-state index contributed by atoms with van der Waals surface area (Å²) < 4.78 is 14.7. The quantitative estimate of drug-likeness (QED) is 0.650. The van der Waals surface area contributed by atoms with Crippen LogP contribution in [0.1, 0.15) is 12.1 Å². The molecule has 0 unspecified atom stereocenters. The molecule has 62 valence electrons. The van der Waals surface area contributed by atoms with Gasteiger partial charge in [-0.3, -0.25) is 0 Å². The van der Waals surface area contributed by atoms with E-state index in [9.17, 15) is 0 Å². The summed E-state index contributed by atoms with van der Waals surface area (Å²) in [5, 5.41) is 0. The summed E-state index contributed by atoms with van der Waals surface area (Å²) in [6.07, 6.45) is 0.937. The number of nitrogens with zero attached hydrogens (tertiary/aromatic N) is 1. The molecular formula is C6H10N2O3. The maximum atomic E-state index is 5.24. The van der Waals surface area contributed by atoms with E-state index in [2.05, 4.69) is 4.98 Å². The highest BCUT2D eigenvalue weighted by Gasteiger charge is 2.13. The highest BCUT2D eigenvalue weighted by Crippen LogP contribution is 2.18. The second kappa shape index (κ2) is 3.36. The molecule has 1 aromatic heterocycles. The van der Waals surface area contributed by atoms with Crippen LogP contribution in [0.25, 0.3) is 0 Å². The normalized spacial score (nSPS) is 10.8. The third kappa shape index (κ3) is 1.69. The van der Waals surface area contributed by atoms with Gasteiger partial charge in [0.1, 0.15) is 0 Å². The van der Waals surface area contributed by atoms with E-state index in [1.54, 1.807) is 0 Å². The van der Waals surface area contributed by atoms with E-state index in [0.717, 1.165) is 0 Å². The Hall–Kier alpha value is -1.07. The van der Waals surface area contributed by atoms with Gasteiger partial charge in [0.2, 0.25) is 6.29 Å². The van der Waals surface area contributed by atoms with Crippen molar-refractivity contribution in [2.75, 3.05) is 20.0 Å². The molecule has 0 aliphatic heterocycles. The zero-order valence-corrected chi connectivity index (χ0v) is 6.40. The molecule has 2 N–H and O–H groups in total. The highest BCUT2D eigenvalue weighted by molar-refractivity contribution is 5.11. The van der Waals surface area contributed by atoms with Gasteiger partial charge in [0.15, 0.2) is 5.76 Å². The third-order valence-electron chi connectivity index (χ3n) is 1.20. The van der Waals surface area contributed by atoms with Crippen LogP contribution in [0.2, 0.25) is 0 Å². The molecule has 0 fully saturated rings. The number of hydrogen-bond acceptors (Lipinski definition) is 5. The average molecular weight is 158 g/mol. The Morgan fingerprint density at radius 1 is 1.55 bits per heavy atom. The molecule has 0 aliphatic rings. The van der Waals surface area contributed by atoms with Gasteiger partial charge in [0.05, 0.1) is 6.20 Å². The number of nitrogens with two attached hydrogens (primary N) is 1. The van der Waals surface area contributed by atoms with Crippen LogP contribution < -0.4 is 5.73 Å². The Morgan fingerprint density at radius 3 is 2.55 bits per heavy atom. The number of rotatable bonds is 3. The molecule has 0 radical (unpaired) electrons. The van der Waals surface area contributed by atoms with E-state index in [1.807, 2.05) is 0 Å². The Kier molecular flexibility index (Phi) is 2.45. The first-order chi connectivity index (χ1) is 5.27. The number of methoxy groups -OCH3 is 2. The highest BCUT2D eigenvalue weighted by atomic mass is 16.7. The zero-order chi connectivity index (χ0) is 8.27. The first kappa shape index (κ1) is 8.03. The zero-order valence-electron chi connectivity index (χ0n) is 6.40. The Bertz CT molecular complexity index is 219. The molecule has 0 amide bonds. The van der Waals surface area contributed by atoms with Crippen LogP contribution >= 0.6 is 0 Å². The van der Waals surface area contributed by atoms with E-state index in [0.29, 0.717) is 5.76 Å². The largest absolute Gasteiger partial charge is 0.423 e. The number of aromatic nitrogens is 1. The molecule has 0 saturated heterocycles. The Balaban J connectivity index is 2.73. The maximum absolute atomic E-state index is 5.24. The number of anilines is 1. The summed E-state index contributed by atoms with van der Waals surface area (Å²) in [6, 6.07) is 0.110.